The van der Waals surface area contributed by atoms with Crippen LogP contribution in [0.5, 0.6) is 0 Å². The Morgan fingerprint density at radius 2 is 1.81 bits per heavy atom. The Balaban J connectivity index is 2.55. The first-order valence-electron chi connectivity index (χ1n) is 5.24. The number of alkyl halides is 3. The molecule has 1 aromatic carbocycles. The van der Waals surface area contributed by atoms with E-state index >= 15 is 0 Å². The van der Waals surface area contributed by atoms with Crippen LogP contribution in [0, 0.1) is 11.3 Å². The zero-order valence-electron chi connectivity index (χ0n) is 9.88. The molecule has 9 heteroatoms. The molecule has 1 heterocycles. The number of nitrogens with zero attached hydrogens (tertiary/aromatic N) is 2. The van der Waals surface area contributed by atoms with Gasteiger partial charge < -0.3 is 4.57 Å². The van der Waals surface area contributed by atoms with E-state index in [2.05, 4.69) is 15.9 Å². The van der Waals surface area contributed by atoms with Gasteiger partial charge in [-0.1, -0.05) is 39.1 Å². The van der Waals surface area contributed by atoms with Crippen molar-refractivity contribution in [3.63, 3.8) is 0 Å². The Morgan fingerprint density at radius 1 is 1.24 bits per heavy atom. The van der Waals surface area contributed by atoms with Crippen LogP contribution in [-0.2, 0) is 0 Å². The number of hydrogen-bond donors (Lipinski definition) is 0. The lowest BCUT2D eigenvalue weighted by molar-refractivity contribution is 0.203. The van der Waals surface area contributed by atoms with Crippen molar-refractivity contribution in [1.82, 2.24) is 4.57 Å². The quantitative estimate of drug-likeness (QED) is 0.421. The summed E-state index contributed by atoms with van der Waals surface area (Å²) in [7, 11) is 0. The molecule has 0 fully saturated rings. The number of rotatable bonds is 3. The van der Waals surface area contributed by atoms with Crippen LogP contribution in [0.3, 0.4) is 0 Å². The van der Waals surface area contributed by atoms with Crippen LogP contribution in [0.1, 0.15) is 5.56 Å². The summed E-state index contributed by atoms with van der Waals surface area (Å²) < 4.78 is 24.4. The molecule has 0 radical (unpaired) electrons. The molecule has 1 aromatic heterocycles. The standard InChI is InChI=1S/C12H4BrCl3F2N2S/c13-7-1-8(14)11(9(15)2-7)20-4-6(3-19)10(5-20)21-12(16,17)18/h1-2,4-5H. The third kappa shape index (κ3) is 4.05. The molecular formula is C12H4BrCl3F2N2S. The van der Waals surface area contributed by atoms with E-state index in [1.165, 1.54) is 17.0 Å². The Kier molecular flexibility index (Phi) is 5.11. The molecule has 0 spiro atoms. The van der Waals surface area contributed by atoms with Crippen LogP contribution in [0.15, 0.2) is 33.9 Å². The topological polar surface area (TPSA) is 28.7 Å². The molecule has 110 valence electrons. The van der Waals surface area contributed by atoms with E-state index < -0.39 is 4.71 Å². The fourth-order valence-electron chi connectivity index (χ4n) is 1.64. The van der Waals surface area contributed by atoms with E-state index in [0.29, 0.717) is 20.2 Å². The third-order valence-corrected chi connectivity index (χ3v) is 4.42. The van der Waals surface area contributed by atoms with Crippen LogP contribution in [-0.4, -0.2) is 9.28 Å². The van der Waals surface area contributed by atoms with Crippen molar-refractivity contribution in [3.05, 3.63) is 44.6 Å². The lowest BCUT2D eigenvalue weighted by Gasteiger charge is -2.09. The lowest BCUT2D eigenvalue weighted by atomic mass is 10.3. The summed E-state index contributed by atoms with van der Waals surface area (Å²) >= 11 is 20.4. The van der Waals surface area contributed by atoms with Gasteiger partial charge in [-0.2, -0.15) is 14.0 Å². The van der Waals surface area contributed by atoms with Crippen molar-refractivity contribution in [2.45, 2.75) is 9.61 Å². The molecule has 2 nitrogen and oxygen atoms in total. The van der Waals surface area contributed by atoms with Gasteiger partial charge in [0.1, 0.15) is 6.07 Å². The monoisotopic (exact) mass is 430 g/mol. The van der Waals surface area contributed by atoms with E-state index in [9.17, 15) is 8.78 Å². The number of thioether (sulfide) groups is 1. The molecule has 0 N–H and O–H groups in total. The van der Waals surface area contributed by atoms with Crippen molar-refractivity contribution in [2.75, 3.05) is 0 Å². The first-order chi connectivity index (χ1) is 9.71. The Labute approximate surface area is 146 Å². The summed E-state index contributed by atoms with van der Waals surface area (Å²) in [5, 5.41) is 9.64. The molecule has 0 unspecified atom stereocenters. The van der Waals surface area contributed by atoms with Crippen LogP contribution in [0.2, 0.25) is 10.0 Å². The summed E-state index contributed by atoms with van der Waals surface area (Å²) in [6.07, 6.45) is 2.70. The molecule has 0 bridgehead atoms. The molecule has 0 atom stereocenters. The maximum atomic E-state index is 12.9. The minimum absolute atomic E-state index is 0.0348. The van der Waals surface area contributed by atoms with Gasteiger partial charge in [-0.3, -0.25) is 0 Å². The zero-order chi connectivity index (χ0) is 15.8. The van der Waals surface area contributed by atoms with Crippen molar-refractivity contribution >= 4 is 62.5 Å². The molecule has 0 saturated carbocycles. The van der Waals surface area contributed by atoms with Crippen molar-refractivity contribution in [1.29, 1.82) is 5.26 Å². The van der Waals surface area contributed by atoms with Gasteiger partial charge in [0.2, 0.25) is 0 Å². The van der Waals surface area contributed by atoms with Crippen LogP contribution >= 0.6 is 62.5 Å². The first-order valence-corrected chi connectivity index (χ1v) is 7.98. The fourth-order valence-corrected chi connectivity index (χ4v) is 3.91. The highest BCUT2D eigenvalue weighted by molar-refractivity contribution is 9.10. The normalized spacial score (nSPS) is 11.5. The molecule has 0 aliphatic heterocycles. The average molecular weight is 433 g/mol. The number of halogens is 6. The zero-order valence-corrected chi connectivity index (χ0v) is 14.6. The summed E-state index contributed by atoms with van der Waals surface area (Å²) in [6.45, 7) is 0. The minimum Gasteiger partial charge on any atom is -0.319 e. The number of benzene rings is 1. The molecule has 0 saturated heterocycles. The molecule has 0 aliphatic carbocycles. The van der Waals surface area contributed by atoms with E-state index in [1.54, 1.807) is 12.1 Å². The summed E-state index contributed by atoms with van der Waals surface area (Å²) in [5.41, 5.74) is 0.443. The second-order valence-corrected chi connectivity index (χ2v) is 7.41. The highest BCUT2D eigenvalue weighted by atomic mass is 79.9. The van der Waals surface area contributed by atoms with Gasteiger partial charge in [-0.05, 0) is 35.5 Å². The van der Waals surface area contributed by atoms with Crippen molar-refractivity contribution in [2.24, 2.45) is 0 Å². The predicted octanol–water partition coefficient (Wildman–Crippen LogP) is 6.30. The Bertz CT molecular complexity index is 714. The van der Waals surface area contributed by atoms with Crippen molar-refractivity contribution < 1.29 is 8.78 Å². The van der Waals surface area contributed by atoms with E-state index in [1.807, 2.05) is 6.07 Å². The molecule has 0 aliphatic rings. The lowest BCUT2D eigenvalue weighted by Crippen LogP contribution is -1.97. The Morgan fingerprint density at radius 3 is 2.29 bits per heavy atom. The molecular weight excluding hydrogens is 428 g/mol. The second-order valence-electron chi connectivity index (χ2n) is 3.82. The van der Waals surface area contributed by atoms with Gasteiger partial charge in [0.15, 0.2) is 0 Å². The van der Waals surface area contributed by atoms with Crippen molar-refractivity contribution in [3.8, 4) is 11.8 Å². The Hall–Kier alpha value is -0.450. The van der Waals surface area contributed by atoms with Gasteiger partial charge in [0.05, 0.1) is 26.2 Å². The molecule has 2 aromatic rings. The minimum atomic E-state index is -3.51. The maximum Gasteiger partial charge on any atom is 0.375 e. The molecule has 2 rings (SSSR count). The summed E-state index contributed by atoms with van der Waals surface area (Å²) in [5.74, 6) is 0. The van der Waals surface area contributed by atoms with Gasteiger partial charge in [0.25, 0.3) is 0 Å². The first kappa shape index (κ1) is 16.9. The molecule has 0 amide bonds. The highest BCUT2D eigenvalue weighted by Crippen LogP contribution is 2.42. The molecule has 21 heavy (non-hydrogen) atoms. The number of nitriles is 1. The summed E-state index contributed by atoms with van der Waals surface area (Å²) in [4.78, 5) is 0.0348. The van der Waals surface area contributed by atoms with E-state index in [-0.39, 0.29) is 22.2 Å². The van der Waals surface area contributed by atoms with E-state index in [0.717, 1.165) is 0 Å². The van der Waals surface area contributed by atoms with Gasteiger partial charge in [-0.25, -0.2) is 0 Å². The average Bonchev–Trinajstić information content (AvgIpc) is 2.67. The third-order valence-electron chi connectivity index (χ3n) is 2.38. The maximum absolute atomic E-state index is 12.9. The highest BCUT2D eigenvalue weighted by Gasteiger charge is 2.29. The number of aromatic nitrogens is 1. The SMILES string of the molecule is N#Cc1cn(-c2c(Cl)cc(Br)cc2Cl)cc1SC(F)(F)Cl. The predicted molar refractivity (Wildman–Crippen MR) is 84.9 cm³/mol. The van der Waals surface area contributed by atoms with Crippen LogP contribution in [0.4, 0.5) is 8.78 Å². The largest absolute Gasteiger partial charge is 0.375 e. The smallest absolute Gasteiger partial charge is 0.319 e. The van der Waals surface area contributed by atoms with Gasteiger partial charge in [0, 0.05) is 16.9 Å². The summed E-state index contributed by atoms with van der Waals surface area (Å²) in [6, 6.07) is 5.05. The van der Waals surface area contributed by atoms with E-state index in [4.69, 9.17) is 40.1 Å². The van der Waals surface area contributed by atoms with Crippen LogP contribution < -0.4 is 0 Å². The fraction of sp³-hybridized carbons (Fsp3) is 0.0833. The van der Waals surface area contributed by atoms with Crippen LogP contribution in [0.25, 0.3) is 5.69 Å². The van der Waals surface area contributed by atoms with Gasteiger partial charge in [-0.15, -0.1) is 0 Å². The van der Waals surface area contributed by atoms with Gasteiger partial charge >= 0.3 is 4.71 Å². The number of hydrogen-bond acceptors (Lipinski definition) is 2. The second kappa shape index (κ2) is 6.35.